The van der Waals surface area contributed by atoms with Crippen LogP contribution in [-0.2, 0) is 4.79 Å². The number of H-pyrrole nitrogens is 1. The monoisotopic (exact) mass is 482 g/mol. The van der Waals surface area contributed by atoms with Crippen molar-refractivity contribution in [2.75, 3.05) is 11.1 Å². The van der Waals surface area contributed by atoms with Gasteiger partial charge in [0.1, 0.15) is 5.52 Å². The number of anilines is 1. The van der Waals surface area contributed by atoms with E-state index in [2.05, 4.69) is 31.2 Å². The molecule has 0 aliphatic rings. The molecule has 4 aromatic rings. The highest BCUT2D eigenvalue weighted by Crippen LogP contribution is 2.23. The van der Waals surface area contributed by atoms with Gasteiger partial charge in [0.2, 0.25) is 5.91 Å². The summed E-state index contributed by atoms with van der Waals surface area (Å²) >= 11 is 4.69. The average Bonchev–Trinajstić information content (AvgIpc) is 3.10. The third-order valence-corrected chi connectivity index (χ3v) is 6.37. The molecule has 8 heteroatoms. The highest BCUT2D eigenvalue weighted by atomic mass is 79.9. The minimum Gasteiger partial charge on any atom is -0.353 e. The molecular weight excluding hydrogens is 464 g/mol. The molecule has 2 N–H and O–H groups in total. The largest absolute Gasteiger partial charge is 0.353 e. The second-order valence-electron chi connectivity index (χ2n) is 6.88. The molecule has 0 unspecified atom stereocenters. The summed E-state index contributed by atoms with van der Waals surface area (Å²) in [6.07, 6.45) is 0. The van der Waals surface area contributed by atoms with Crippen LogP contribution < -0.4 is 10.9 Å². The second-order valence-corrected chi connectivity index (χ2v) is 8.68. The molecule has 152 valence electrons. The zero-order chi connectivity index (χ0) is 21.3. The van der Waals surface area contributed by atoms with Gasteiger partial charge in [-0.05, 0) is 55.8 Å². The average molecular weight is 483 g/mol. The normalized spacial score (nSPS) is 11.0. The van der Waals surface area contributed by atoms with Crippen molar-refractivity contribution >= 4 is 50.3 Å². The van der Waals surface area contributed by atoms with E-state index in [1.165, 1.54) is 11.8 Å². The lowest BCUT2D eigenvalue weighted by Gasteiger charge is -2.12. The number of amides is 1. The molecule has 0 atom stereocenters. The molecule has 6 nitrogen and oxygen atoms in total. The fourth-order valence-electron chi connectivity index (χ4n) is 3.13. The number of rotatable bonds is 5. The van der Waals surface area contributed by atoms with Gasteiger partial charge in [-0.25, -0.2) is 4.98 Å². The number of fused-ring (bicyclic) bond motifs is 1. The number of thioether (sulfide) groups is 1. The Morgan fingerprint density at radius 1 is 1.17 bits per heavy atom. The topological polar surface area (TPSA) is 79.8 Å². The summed E-state index contributed by atoms with van der Waals surface area (Å²) in [7, 11) is 0. The van der Waals surface area contributed by atoms with E-state index in [4.69, 9.17) is 0 Å². The minimum absolute atomic E-state index is 0.128. The lowest BCUT2D eigenvalue weighted by molar-refractivity contribution is -0.113. The molecule has 0 spiro atoms. The first-order chi connectivity index (χ1) is 14.4. The predicted octanol–water partition coefficient (Wildman–Crippen LogP) is 4.82. The van der Waals surface area contributed by atoms with Gasteiger partial charge in [0, 0.05) is 15.9 Å². The third-order valence-electron chi connectivity index (χ3n) is 4.54. The highest BCUT2D eigenvalue weighted by molar-refractivity contribution is 9.10. The minimum atomic E-state index is -0.189. The number of carbonyl (C=O) groups excluding carboxylic acids is 1. The summed E-state index contributed by atoms with van der Waals surface area (Å²) < 4.78 is 2.53. The SMILES string of the molecule is Cc1cc2nc(SCC(=O)Nc3ccc(Br)c(C)c3)n(-c3ccccc3)c(=O)c2[nH]1. The Morgan fingerprint density at radius 2 is 1.93 bits per heavy atom. The van der Waals surface area contributed by atoms with Crippen molar-refractivity contribution < 1.29 is 4.79 Å². The second kappa shape index (κ2) is 8.49. The lowest BCUT2D eigenvalue weighted by Crippen LogP contribution is -2.23. The number of carbonyl (C=O) groups is 1. The van der Waals surface area contributed by atoms with Crippen LogP contribution in [0.15, 0.2) is 69.0 Å². The molecule has 1 amide bonds. The maximum absolute atomic E-state index is 13.1. The first-order valence-electron chi connectivity index (χ1n) is 9.29. The number of nitrogens with one attached hydrogen (secondary N) is 2. The molecule has 2 aromatic heterocycles. The summed E-state index contributed by atoms with van der Waals surface area (Å²) in [4.78, 5) is 33.4. The van der Waals surface area contributed by atoms with Gasteiger partial charge in [0.05, 0.1) is 17.0 Å². The van der Waals surface area contributed by atoms with Crippen LogP contribution in [0.5, 0.6) is 0 Å². The summed E-state index contributed by atoms with van der Waals surface area (Å²) in [5.74, 6) is -0.0375. The molecule has 4 rings (SSSR count). The Balaban J connectivity index is 1.63. The number of benzene rings is 2. The molecular formula is C22H19BrN4O2S. The first-order valence-corrected chi connectivity index (χ1v) is 11.1. The quantitative estimate of drug-likeness (QED) is 0.315. The van der Waals surface area contributed by atoms with Crippen molar-refractivity contribution in [1.82, 2.24) is 14.5 Å². The van der Waals surface area contributed by atoms with Gasteiger partial charge in [-0.1, -0.05) is 45.9 Å². The van der Waals surface area contributed by atoms with Gasteiger partial charge in [-0.15, -0.1) is 0 Å². The van der Waals surface area contributed by atoms with E-state index in [1.807, 2.05) is 68.4 Å². The van der Waals surface area contributed by atoms with Crippen LogP contribution in [-0.4, -0.2) is 26.2 Å². The number of aromatic amines is 1. The standard InChI is InChI=1S/C22H19BrN4O2S/c1-13-10-15(8-9-17(13)23)25-19(28)12-30-22-26-18-11-14(2)24-20(18)21(29)27(22)16-6-4-3-5-7-16/h3-11,24H,12H2,1-2H3,(H,25,28). The maximum Gasteiger partial charge on any atom is 0.283 e. The van der Waals surface area contributed by atoms with E-state index in [1.54, 1.807) is 4.57 Å². The van der Waals surface area contributed by atoms with Crippen LogP contribution in [0.25, 0.3) is 16.7 Å². The van der Waals surface area contributed by atoms with Gasteiger partial charge in [0.15, 0.2) is 5.16 Å². The number of halogens is 1. The Kier molecular flexibility index (Phi) is 5.78. The first kappa shape index (κ1) is 20.4. The zero-order valence-electron chi connectivity index (χ0n) is 16.4. The van der Waals surface area contributed by atoms with E-state index in [9.17, 15) is 9.59 Å². The van der Waals surface area contributed by atoms with E-state index >= 15 is 0 Å². The van der Waals surface area contributed by atoms with E-state index < -0.39 is 0 Å². The Labute approximate surface area is 185 Å². The molecule has 0 aliphatic carbocycles. The molecule has 0 radical (unpaired) electrons. The van der Waals surface area contributed by atoms with Crippen molar-refractivity contribution in [2.24, 2.45) is 0 Å². The molecule has 0 bridgehead atoms. The van der Waals surface area contributed by atoms with Gasteiger partial charge < -0.3 is 10.3 Å². The summed E-state index contributed by atoms with van der Waals surface area (Å²) in [5.41, 5.74) is 4.19. The summed E-state index contributed by atoms with van der Waals surface area (Å²) in [6, 6.07) is 16.8. The van der Waals surface area contributed by atoms with Gasteiger partial charge in [-0.3, -0.25) is 14.2 Å². The Hall–Kier alpha value is -2.84. The number of hydrogen-bond acceptors (Lipinski definition) is 4. The maximum atomic E-state index is 13.1. The van der Waals surface area contributed by atoms with Crippen LogP contribution in [0.3, 0.4) is 0 Å². The number of aromatic nitrogens is 3. The van der Waals surface area contributed by atoms with Crippen LogP contribution in [0.4, 0.5) is 5.69 Å². The summed E-state index contributed by atoms with van der Waals surface area (Å²) in [6.45, 7) is 3.85. The molecule has 2 aromatic carbocycles. The number of aryl methyl sites for hydroxylation is 2. The van der Waals surface area contributed by atoms with E-state index in [0.29, 0.717) is 21.9 Å². The fraction of sp³-hybridized carbons (Fsp3) is 0.136. The van der Waals surface area contributed by atoms with E-state index in [-0.39, 0.29) is 17.2 Å². The van der Waals surface area contributed by atoms with Gasteiger partial charge in [-0.2, -0.15) is 0 Å². The molecule has 0 saturated heterocycles. The van der Waals surface area contributed by atoms with Crippen LogP contribution in [0, 0.1) is 13.8 Å². The van der Waals surface area contributed by atoms with Crippen molar-refractivity contribution in [3.05, 3.63) is 80.7 Å². The van der Waals surface area contributed by atoms with Crippen molar-refractivity contribution in [2.45, 2.75) is 19.0 Å². The lowest BCUT2D eigenvalue weighted by atomic mass is 10.2. The van der Waals surface area contributed by atoms with Crippen molar-refractivity contribution in [3.8, 4) is 5.69 Å². The molecule has 0 aliphatic heterocycles. The van der Waals surface area contributed by atoms with Crippen molar-refractivity contribution in [1.29, 1.82) is 0 Å². The smallest absolute Gasteiger partial charge is 0.283 e. The number of nitrogens with zero attached hydrogens (tertiary/aromatic N) is 2. The highest BCUT2D eigenvalue weighted by Gasteiger charge is 2.16. The molecule has 30 heavy (non-hydrogen) atoms. The fourth-order valence-corrected chi connectivity index (χ4v) is 4.19. The molecule has 2 heterocycles. The number of hydrogen-bond donors (Lipinski definition) is 2. The summed E-state index contributed by atoms with van der Waals surface area (Å²) in [5, 5.41) is 3.37. The van der Waals surface area contributed by atoms with Crippen LogP contribution in [0.2, 0.25) is 0 Å². The Morgan fingerprint density at radius 3 is 2.67 bits per heavy atom. The van der Waals surface area contributed by atoms with Crippen LogP contribution in [0.1, 0.15) is 11.3 Å². The van der Waals surface area contributed by atoms with Gasteiger partial charge >= 0.3 is 0 Å². The molecule has 0 saturated carbocycles. The number of para-hydroxylation sites is 1. The van der Waals surface area contributed by atoms with Crippen molar-refractivity contribution in [3.63, 3.8) is 0 Å². The zero-order valence-corrected chi connectivity index (χ0v) is 18.8. The van der Waals surface area contributed by atoms with Crippen LogP contribution >= 0.6 is 27.7 Å². The van der Waals surface area contributed by atoms with Gasteiger partial charge in [0.25, 0.3) is 5.56 Å². The molecule has 0 fully saturated rings. The predicted molar refractivity (Wildman–Crippen MR) is 125 cm³/mol. The third kappa shape index (κ3) is 4.20. The van der Waals surface area contributed by atoms with E-state index in [0.717, 1.165) is 21.4 Å². The Bertz CT molecular complexity index is 1300.